The largest absolute Gasteiger partial charge is 0.356 e. The second kappa shape index (κ2) is 11.9. The van der Waals surface area contributed by atoms with Crippen molar-refractivity contribution in [2.24, 2.45) is 23.7 Å². The van der Waals surface area contributed by atoms with Gasteiger partial charge in [-0.2, -0.15) is 0 Å². The van der Waals surface area contributed by atoms with Crippen molar-refractivity contribution in [1.29, 1.82) is 0 Å². The molecule has 0 aromatic carbocycles. The number of hydrogen-bond acceptors (Lipinski definition) is 5. The van der Waals surface area contributed by atoms with Gasteiger partial charge in [0.1, 0.15) is 12.1 Å². The molecule has 2 saturated carbocycles. The van der Waals surface area contributed by atoms with Crippen LogP contribution in [0.1, 0.15) is 65.2 Å². The summed E-state index contributed by atoms with van der Waals surface area (Å²) < 4.78 is 28.3. The first-order chi connectivity index (χ1) is 18.5. The molecule has 13 heteroatoms. The molecule has 2 aliphatic carbocycles. The van der Waals surface area contributed by atoms with Gasteiger partial charge in [0.2, 0.25) is 11.8 Å². The Morgan fingerprint density at radius 2 is 1.92 bits per heavy atom. The maximum Gasteiger partial charge on any atom is 0.291 e. The third-order valence-corrected chi connectivity index (χ3v) is 8.99. The van der Waals surface area contributed by atoms with Crippen LogP contribution in [-0.4, -0.2) is 82.5 Å². The minimum Gasteiger partial charge on any atom is -0.356 e. The fourth-order valence-electron chi connectivity index (χ4n) is 6.08. The maximum atomic E-state index is 14.5. The van der Waals surface area contributed by atoms with E-state index in [4.69, 9.17) is 11.6 Å². The lowest BCUT2D eigenvalue weighted by atomic mass is 9.93. The Labute approximate surface area is 231 Å². The number of rotatable bonds is 9. The lowest BCUT2D eigenvalue weighted by molar-refractivity contribution is -0.150. The summed E-state index contributed by atoms with van der Waals surface area (Å²) in [6.07, 6.45) is 4.24. The van der Waals surface area contributed by atoms with Crippen molar-refractivity contribution in [3.63, 3.8) is 0 Å². The van der Waals surface area contributed by atoms with Gasteiger partial charge in [-0.3, -0.25) is 29.4 Å². The lowest BCUT2D eigenvalue weighted by Gasteiger charge is -2.35. The fraction of sp³-hybridized carbons (Fsp3) is 0.808. The Morgan fingerprint density at radius 3 is 2.54 bits per heavy atom. The van der Waals surface area contributed by atoms with E-state index in [0.29, 0.717) is 32.2 Å². The summed E-state index contributed by atoms with van der Waals surface area (Å²) >= 11 is 5.43. The Balaban J connectivity index is 1.55. The molecule has 0 bridgehead atoms. The number of fused-ring (bicyclic) bond motifs is 1. The van der Waals surface area contributed by atoms with Crippen LogP contribution in [0, 0.1) is 23.7 Å². The molecule has 2 aliphatic heterocycles. The molecular formula is C26H38ClF2N5O5. The van der Waals surface area contributed by atoms with Crippen LogP contribution in [-0.2, 0) is 24.0 Å². The Hall–Kier alpha value is -2.50. The number of halogens is 3. The molecule has 10 nitrogen and oxygen atoms in total. The minimum atomic E-state index is -2.43. The second-order valence-electron chi connectivity index (χ2n) is 11.4. The Kier molecular flexibility index (Phi) is 9.02. The molecule has 0 aromatic rings. The summed E-state index contributed by atoms with van der Waals surface area (Å²) in [5.74, 6) is -4.61. The average Bonchev–Trinajstić information content (AvgIpc) is 3.33. The van der Waals surface area contributed by atoms with E-state index >= 15 is 0 Å². The van der Waals surface area contributed by atoms with E-state index in [1.807, 2.05) is 6.92 Å². The lowest BCUT2D eigenvalue weighted by Crippen LogP contribution is -2.60. The molecule has 2 heterocycles. The Bertz CT molecular complexity index is 996. The minimum absolute atomic E-state index is 0.0455. The van der Waals surface area contributed by atoms with E-state index in [0.717, 1.165) is 17.9 Å². The number of carbonyl (C=O) groups is 5. The number of hydrazine groups is 1. The third kappa shape index (κ3) is 6.30. The molecule has 4 fully saturated rings. The van der Waals surface area contributed by atoms with Gasteiger partial charge in [-0.25, -0.2) is 13.8 Å². The molecule has 0 aromatic heterocycles. The van der Waals surface area contributed by atoms with Crippen LogP contribution in [0.3, 0.4) is 0 Å². The van der Waals surface area contributed by atoms with E-state index in [1.54, 1.807) is 6.92 Å². The Morgan fingerprint density at radius 1 is 1.21 bits per heavy atom. The van der Waals surface area contributed by atoms with Gasteiger partial charge in [0, 0.05) is 13.1 Å². The van der Waals surface area contributed by atoms with Crippen LogP contribution in [0.15, 0.2) is 0 Å². The molecule has 2 saturated heterocycles. The number of carbonyl (C=O) groups excluding carboxylic acids is 5. The predicted octanol–water partition coefficient (Wildman–Crippen LogP) is 1.57. The van der Waals surface area contributed by atoms with Gasteiger partial charge in [0.15, 0.2) is 5.67 Å². The molecule has 3 N–H and O–H groups in total. The normalized spacial score (nSPS) is 29.5. The highest BCUT2D eigenvalue weighted by Gasteiger charge is 2.54. The summed E-state index contributed by atoms with van der Waals surface area (Å²) in [5, 5.41) is 6.03. The topological polar surface area (TPSA) is 128 Å². The van der Waals surface area contributed by atoms with Crippen molar-refractivity contribution in [3.05, 3.63) is 0 Å². The van der Waals surface area contributed by atoms with Gasteiger partial charge in [0.25, 0.3) is 23.4 Å². The van der Waals surface area contributed by atoms with Crippen molar-refractivity contribution >= 4 is 41.1 Å². The number of amides is 5. The number of hydrogen-bond donors (Lipinski definition) is 3. The molecule has 4 rings (SSSR count). The van der Waals surface area contributed by atoms with Crippen LogP contribution in [0.25, 0.3) is 0 Å². The number of likely N-dealkylation sites (tertiary alicyclic amines) is 1. The van der Waals surface area contributed by atoms with Gasteiger partial charge in [-0.05, 0) is 56.3 Å². The zero-order valence-electron chi connectivity index (χ0n) is 22.4. The molecule has 4 aliphatic rings. The zero-order valence-corrected chi connectivity index (χ0v) is 23.1. The average molecular weight is 574 g/mol. The number of piperidine rings is 1. The van der Waals surface area contributed by atoms with Crippen LogP contribution in [0.2, 0.25) is 0 Å². The standard InChI is InChI=1S/C26H38ClF2N5O5/c1-3-14(2)18(31-25(39)26(29)9-10-26)23(37)33-12-15-6-4-8-17(15)19(33)22(36)32-34(24(38)20(27)28)13-16-7-5-11-30-21(16)35/h14-20H,3-13H2,1-2H3,(H,30,35)(H,31,39)(H,32,36)/t14?,15-,16-,17-,18?,19-,20?/m0/s1. The van der Waals surface area contributed by atoms with E-state index in [1.165, 1.54) is 4.90 Å². The second-order valence-corrected chi connectivity index (χ2v) is 11.8. The van der Waals surface area contributed by atoms with Crippen molar-refractivity contribution in [2.45, 2.75) is 88.6 Å². The monoisotopic (exact) mass is 573 g/mol. The van der Waals surface area contributed by atoms with Crippen molar-refractivity contribution in [1.82, 2.24) is 26.0 Å². The molecule has 7 atom stereocenters. The maximum absolute atomic E-state index is 14.5. The number of nitrogens with zero attached hydrogens (tertiary/aromatic N) is 2. The highest BCUT2D eigenvalue weighted by Crippen LogP contribution is 2.43. The van der Waals surface area contributed by atoms with Crippen LogP contribution in [0.5, 0.6) is 0 Å². The SMILES string of the molecule is CCC(C)C(NC(=O)C1(F)CC1)C(=O)N1C[C@@H]2CCC[C@@H]2[C@H]1C(=O)NN(C[C@@H]1CCCNC1=O)C(=O)C(F)Cl. The molecular weight excluding hydrogens is 536 g/mol. The first kappa shape index (κ1) is 29.5. The zero-order chi connectivity index (χ0) is 28.5. The fourth-order valence-corrected chi connectivity index (χ4v) is 6.19. The van der Waals surface area contributed by atoms with E-state index < -0.39 is 52.9 Å². The predicted molar refractivity (Wildman–Crippen MR) is 137 cm³/mol. The number of nitrogens with one attached hydrogen (secondary N) is 3. The summed E-state index contributed by atoms with van der Waals surface area (Å²) in [6, 6.07) is -2.00. The van der Waals surface area contributed by atoms with E-state index in [2.05, 4.69) is 16.1 Å². The van der Waals surface area contributed by atoms with Gasteiger partial charge in [-0.1, -0.05) is 38.3 Å². The van der Waals surface area contributed by atoms with E-state index in [9.17, 15) is 32.8 Å². The van der Waals surface area contributed by atoms with Gasteiger partial charge in [0.05, 0.1) is 12.5 Å². The molecule has 5 amide bonds. The molecule has 39 heavy (non-hydrogen) atoms. The van der Waals surface area contributed by atoms with Crippen LogP contribution >= 0.6 is 11.6 Å². The molecule has 3 unspecified atom stereocenters. The number of alkyl halides is 3. The molecule has 218 valence electrons. The highest BCUT2D eigenvalue weighted by atomic mass is 35.5. The van der Waals surface area contributed by atoms with Gasteiger partial charge < -0.3 is 15.5 Å². The third-order valence-electron chi connectivity index (χ3n) is 8.80. The van der Waals surface area contributed by atoms with Crippen LogP contribution < -0.4 is 16.1 Å². The highest BCUT2D eigenvalue weighted by molar-refractivity contribution is 6.29. The first-order valence-electron chi connectivity index (χ1n) is 13.9. The van der Waals surface area contributed by atoms with Gasteiger partial charge in [-0.15, -0.1) is 0 Å². The summed E-state index contributed by atoms with van der Waals surface area (Å²) in [6.45, 7) is 4.15. The van der Waals surface area contributed by atoms with E-state index in [-0.39, 0.29) is 49.6 Å². The van der Waals surface area contributed by atoms with Crippen molar-refractivity contribution < 1.29 is 32.8 Å². The van der Waals surface area contributed by atoms with Crippen molar-refractivity contribution in [3.8, 4) is 0 Å². The van der Waals surface area contributed by atoms with Crippen LogP contribution in [0.4, 0.5) is 8.78 Å². The molecule has 0 spiro atoms. The van der Waals surface area contributed by atoms with Crippen molar-refractivity contribution in [2.75, 3.05) is 19.6 Å². The smallest absolute Gasteiger partial charge is 0.291 e. The summed E-state index contributed by atoms with van der Waals surface area (Å²) in [4.78, 5) is 66.4. The van der Waals surface area contributed by atoms with Gasteiger partial charge >= 0.3 is 0 Å². The quantitative estimate of drug-likeness (QED) is 0.285. The summed E-state index contributed by atoms with van der Waals surface area (Å²) in [7, 11) is 0. The molecule has 0 radical (unpaired) electrons. The first-order valence-corrected chi connectivity index (χ1v) is 14.4. The summed E-state index contributed by atoms with van der Waals surface area (Å²) in [5.41, 5.74) is -1.93.